The highest BCUT2D eigenvalue weighted by Crippen LogP contribution is 2.36. The van der Waals surface area contributed by atoms with Gasteiger partial charge in [0.2, 0.25) is 0 Å². The number of carbonyl (C=O) groups is 1. The van der Waals surface area contributed by atoms with E-state index in [1.807, 2.05) is 93.6 Å². The zero-order valence-corrected chi connectivity index (χ0v) is 21.3. The van der Waals surface area contributed by atoms with E-state index in [9.17, 15) is 4.79 Å². The van der Waals surface area contributed by atoms with Gasteiger partial charge in [-0.25, -0.2) is 4.99 Å². The molecule has 0 aromatic heterocycles. The molecule has 0 bridgehead atoms. The predicted molar refractivity (Wildman–Crippen MR) is 143 cm³/mol. The first-order chi connectivity index (χ1) is 17.4. The summed E-state index contributed by atoms with van der Waals surface area (Å²) in [7, 11) is 3.30. The maximum absolute atomic E-state index is 12.8. The Morgan fingerprint density at radius 3 is 1.75 bits per heavy atom. The molecule has 0 saturated carbocycles. The summed E-state index contributed by atoms with van der Waals surface area (Å²) in [6, 6.07) is 24.1. The standard InChI is InChI=1S/C29H31N3O4/c1-6-31-28(33)27(36-29(31)30-20(2)3)19-21-7-9-22(10-8-21)32(23-11-15-25(34-4)16-12-23)24-13-17-26(35-5)18-14-24/h7-20H,6H2,1-5H3. The summed E-state index contributed by atoms with van der Waals surface area (Å²) >= 11 is 0. The van der Waals surface area contributed by atoms with Crippen molar-refractivity contribution in [2.75, 3.05) is 25.7 Å². The van der Waals surface area contributed by atoms with E-state index in [1.54, 1.807) is 25.2 Å². The Morgan fingerprint density at radius 2 is 1.33 bits per heavy atom. The van der Waals surface area contributed by atoms with Crippen LogP contribution in [0.1, 0.15) is 26.3 Å². The van der Waals surface area contributed by atoms with Gasteiger partial charge in [0.15, 0.2) is 5.76 Å². The van der Waals surface area contributed by atoms with Crippen LogP contribution in [0.25, 0.3) is 6.08 Å². The minimum Gasteiger partial charge on any atom is -0.497 e. The van der Waals surface area contributed by atoms with Gasteiger partial charge >= 0.3 is 6.02 Å². The van der Waals surface area contributed by atoms with Gasteiger partial charge in [0.25, 0.3) is 5.91 Å². The second-order valence-electron chi connectivity index (χ2n) is 8.49. The lowest BCUT2D eigenvalue weighted by Gasteiger charge is -2.26. The smallest absolute Gasteiger partial charge is 0.300 e. The van der Waals surface area contributed by atoms with E-state index in [2.05, 4.69) is 9.89 Å². The van der Waals surface area contributed by atoms with E-state index in [1.165, 1.54) is 0 Å². The molecule has 186 valence electrons. The van der Waals surface area contributed by atoms with Gasteiger partial charge in [-0.05, 0) is 93.1 Å². The van der Waals surface area contributed by atoms with Gasteiger partial charge in [-0.2, -0.15) is 0 Å². The van der Waals surface area contributed by atoms with Crippen molar-refractivity contribution in [3.05, 3.63) is 84.1 Å². The molecule has 7 heteroatoms. The van der Waals surface area contributed by atoms with Crippen LogP contribution in [0.5, 0.6) is 11.5 Å². The van der Waals surface area contributed by atoms with E-state index < -0.39 is 0 Å². The van der Waals surface area contributed by atoms with Crippen molar-refractivity contribution in [1.82, 2.24) is 4.90 Å². The summed E-state index contributed by atoms with van der Waals surface area (Å²) in [6.07, 6.45) is 1.75. The number of aliphatic imine (C=N–C) groups is 1. The molecule has 1 saturated heterocycles. The highest BCUT2D eigenvalue weighted by atomic mass is 16.5. The van der Waals surface area contributed by atoms with E-state index in [-0.39, 0.29) is 17.7 Å². The fourth-order valence-electron chi connectivity index (χ4n) is 3.88. The highest BCUT2D eigenvalue weighted by Gasteiger charge is 2.33. The van der Waals surface area contributed by atoms with Crippen LogP contribution in [0.15, 0.2) is 83.5 Å². The average molecular weight is 486 g/mol. The molecule has 1 aliphatic heterocycles. The number of ether oxygens (including phenoxy) is 3. The molecule has 7 nitrogen and oxygen atoms in total. The van der Waals surface area contributed by atoms with Crippen LogP contribution in [0.4, 0.5) is 17.1 Å². The quantitative estimate of drug-likeness (QED) is 0.358. The minimum absolute atomic E-state index is 0.0300. The molecule has 3 aromatic carbocycles. The second kappa shape index (κ2) is 11.0. The molecule has 0 radical (unpaired) electrons. The lowest BCUT2D eigenvalue weighted by molar-refractivity contribution is -0.122. The topological polar surface area (TPSA) is 63.6 Å². The van der Waals surface area contributed by atoms with E-state index in [0.717, 1.165) is 34.1 Å². The zero-order chi connectivity index (χ0) is 25.7. The van der Waals surface area contributed by atoms with Gasteiger partial charge in [0.05, 0.1) is 14.2 Å². The van der Waals surface area contributed by atoms with Crippen molar-refractivity contribution in [1.29, 1.82) is 0 Å². The first-order valence-corrected chi connectivity index (χ1v) is 11.9. The monoisotopic (exact) mass is 485 g/mol. The fraction of sp³-hybridized carbons (Fsp3) is 0.241. The number of methoxy groups -OCH3 is 2. The summed E-state index contributed by atoms with van der Waals surface area (Å²) in [5.74, 6) is 1.67. The van der Waals surface area contributed by atoms with Crippen LogP contribution in [-0.4, -0.2) is 43.6 Å². The van der Waals surface area contributed by atoms with E-state index >= 15 is 0 Å². The number of amidine groups is 1. The first kappa shape index (κ1) is 24.9. The molecule has 0 spiro atoms. The largest absolute Gasteiger partial charge is 0.497 e. The van der Waals surface area contributed by atoms with Crippen molar-refractivity contribution < 1.29 is 19.0 Å². The molecule has 0 N–H and O–H groups in total. The van der Waals surface area contributed by atoms with Gasteiger partial charge in [-0.1, -0.05) is 12.1 Å². The zero-order valence-electron chi connectivity index (χ0n) is 21.3. The normalized spacial score (nSPS) is 15.5. The minimum atomic E-state index is -0.181. The summed E-state index contributed by atoms with van der Waals surface area (Å²) in [5.41, 5.74) is 3.78. The number of carbonyl (C=O) groups excluding carboxylic acids is 1. The molecule has 1 fully saturated rings. The van der Waals surface area contributed by atoms with Gasteiger partial charge < -0.3 is 19.1 Å². The van der Waals surface area contributed by atoms with Crippen molar-refractivity contribution >= 4 is 35.1 Å². The van der Waals surface area contributed by atoms with Gasteiger partial charge in [-0.3, -0.25) is 9.69 Å². The third-order valence-electron chi connectivity index (χ3n) is 5.68. The number of amides is 1. The summed E-state index contributed by atoms with van der Waals surface area (Å²) in [4.78, 5) is 20.9. The Kier molecular flexibility index (Phi) is 7.59. The number of likely N-dealkylation sites (N-methyl/N-ethyl adjacent to an activating group) is 1. The number of anilines is 3. The van der Waals surface area contributed by atoms with Crippen LogP contribution < -0.4 is 14.4 Å². The number of rotatable bonds is 8. The number of hydrogen-bond donors (Lipinski definition) is 0. The molecule has 4 rings (SSSR count). The molecule has 36 heavy (non-hydrogen) atoms. The van der Waals surface area contributed by atoms with Crippen LogP contribution >= 0.6 is 0 Å². The molecule has 0 unspecified atom stereocenters. The van der Waals surface area contributed by atoms with Gasteiger partial charge in [0.1, 0.15) is 11.5 Å². The second-order valence-corrected chi connectivity index (χ2v) is 8.49. The Hall–Kier alpha value is -4.26. The summed E-state index contributed by atoms with van der Waals surface area (Å²) in [6.45, 7) is 6.31. The average Bonchev–Trinajstić information content (AvgIpc) is 3.18. The number of benzene rings is 3. The van der Waals surface area contributed by atoms with Crippen LogP contribution in [0, 0.1) is 0 Å². The number of hydrogen-bond acceptors (Lipinski definition) is 6. The Morgan fingerprint density at radius 1 is 0.861 bits per heavy atom. The summed E-state index contributed by atoms with van der Waals surface area (Å²) < 4.78 is 16.5. The lowest BCUT2D eigenvalue weighted by atomic mass is 10.1. The summed E-state index contributed by atoms with van der Waals surface area (Å²) in [5, 5.41) is 0. The molecule has 0 atom stereocenters. The lowest BCUT2D eigenvalue weighted by Crippen LogP contribution is -2.30. The number of nitrogens with zero attached hydrogens (tertiary/aromatic N) is 3. The van der Waals surface area contributed by atoms with Crippen LogP contribution in [0.2, 0.25) is 0 Å². The van der Waals surface area contributed by atoms with Crippen molar-refractivity contribution in [3.8, 4) is 11.5 Å². The SMILES string of the molecule is CCN1C(=O)C(=Cc2ccc(N(c3ccc(OC)cc3)c3ccc(OC)cc3)cc2)OC1=NC(C)C. The van der Waals surface area contributed by atoms with Crippen LogP contribution in [-0.2, 0) is 9.53 Å². The third-order valence-corrected chi connectivity index (χ3v) is 5.68. The Bertz CT molecular complexity index is 1200. The van der Waals surface area contributed by atoms with Gasteiger partial charge in [-0.15, -0.1) is 0 Å². The highest BCUT2D eigenvalue weighted by molar-refractivity contribution is 6.11. The molecular weight excluding hydrogens is 454 g/mol. The molecule has 1 heterocycles. The van der Waals surface area contributed by atoms with Crippen molar-refractivity contribution in [2.24, 2.45) is 4.99 Å². The van der Waals surface area contributed by atoms with Crippen LogP contribution in [0.3, 0.4) is 0 Å². The molecule has 1 amide bonds. The maximum Gasteiger partial charge on any atom is 0.300 e. The van der Waals surface area contributed by atoms with Crippen molar-refractivity contribution in [2.45, 2.75) is 26.8 Å². The Labute approximate surface area is 212 Å². The van der Waals surface area contributed by atoms with Crippen molar-refractivity contribution in [3.63, 3.8) is 0 Å². The molecule has 0 aliphatic carbocycles. The van der Waals surface area contributed by atoms with E-state index in [0.29, 0.717) is 12.6 Å². The maximum atomic E-state index is 12.8. The van der Waals surface area contributed by atoms with E-state index in [4.69, 9.17) is 14.2 Å². The third kappa shape index (κ3) is 5.35. The molecule has 3 aromatic rings. The first-order valence-electron chi connectivity index (χ1n) is 11.9. The van der Waals surface area contributed by atoms with Gasteiger partial charge in [0, 0.05) is 29.6 Å². The molecule has 1 aliphatic rings. The molecular formula is C29H31N3O4. The Balaban J connectivity index is 1.66. The fourth-order valence-corrected chi connectivity index (χ4v) is 3.88. The predicted octanol–water partition coefficient (Wildman–Crippen LogP) is 6.16.